The number of hydrogen-bond donors (Lipinski definition) is 2. The summed E-state index contributed by atoms with van der Waals surface area (Å²) in [4.78, 5) is 35.2. The zero-order valence-corrected chi connectivity index (χ0v) is 15.5. The molecule has 0 heterocycles. The Morgan fingerprint density at radius 2 is 1.64 bits per heavy atom. The lowest BCUT2D eigenvalue weighted by molar-refractivity contribution is -0.136. The number of amides is 2. The van der Waals surface area contributed by atoms with E-state index in [1.54, 1.807) is 18.2 Å². The molecule has 0 aliphatic carbocycles. The van der Waals surface area contributed by atoms with E-state index >= 15 is 0 Å². The van der Waals surface area contributed by atoms with E-state index in [1.165, 1.54) is 51.8 Å². The van der Waals surface area contributed by atoms with Crippen LogP contribution in [-0.2, 0) is 14.3 Å². The second kappa shape index (κ2) is 9.72. The van der Waals surface area contributed by atoms with Gasteiger partial charge in [0.25, 0.3) is 0 Å². The van der Waals surface area contributed by atoms with Crippen LogP contribution >= 0.6 is 0 Å². The molecule has 146 valence electrons. The Bertz CT molecular complexity index is 893. The van der Waals surface area contributed by atoms with Gasteiger partial charge in [0.05, 0.1) is 33.1 Å². The van der Waals surface area contributed by atoms with E-state index < -0.39 is 17.8 Å². The first-order valence-corrected chi connectivity index (χ1v) is 8.03. The average molecular weight is 385 g/mol. The predicted molar refractivity (Wildman–Crippen MR) is 102 cm³/mol. The van der Waals surface area contributed by atoms with Gasteiger partial charge in [-0.3, -0.25) is 9.59 Å². The molecule has 2 rings (SSSR count). The summed E-state index contributed by atoms with van der Waals surface area (Å²) in [6, 6.07) is 10.9. The summed E-state index contributed by atoms with van der Waals surface area (Å²) in [5.41, 5.74) is 3.34. The summed E-state index contributed by atoms with van der Waals surface area (Å²) in [6.07, 6.45) is 1.33. The number of esters is 1. The minimum Gasteiger partial charge on any atom is -0.497 e. The van der Waals surface area contributed by atoms with Crippen molar-refractivity contribution in [3.63, 3.8) is 0 Å². The zero-order chi connectivity index (χ0) is 20.5. The van der Waals surface area contributed by atoms with Gasteiger partial charge in [-0.15, -0.1) is 0 Å². The third-order valence-corrected chi connectivity index (χ3v) is 3.58. The lowest BCUT2D eigenvalue weighted by Crippen LogP contribution is -2.32. The molecule has 0 unspecified atom stereocenters. The number of methoxy groups -OCH3 is 3. The molecule has 28 heavy (non-hydrogen) atoms. The zero-order valence-electron chi connectivity index (χ0n) is 15.5. The first kappa shape index (κ1) is 20.4. The van der Waals surface area contributed by atoms with E-state index in [-0.39, 0.29) is 0 Å². The van der Waals surface area contributed by atoms with Crippen LogP contribution in [0.5, 0.6) is 11.5 Å². The van der Waals surface area contributed by atoms with Crippen LogP contribution in [-0.4, -0.2) is 45.3 Å². The molecule has 0 saturated heterocycles. The van der Waals surface area contributed by atoms with Crippen molar-refractivity contribution in [2.24, 2.45) is 5.10 Å². The van der Waals surface area contributed by atoms with Crippen LogP contribution in [0.25, 0.3) is 0 Å². The van der Waals surface area contributed by atoms with Gasteiger partial charge >= 0.3 is 17.8 Å². The molecule has 2 amide bonds. The van der Waals surface area contributed by atoms with Crippen molar-refractivity contribution < 1.29 is 28.6 Å². The summed E-state index contributed by atoms with van der Waals surface area (Å²) in [6.45, 7) is 0. The maximum atomic E-state index is 11.9. The first-order valence-electron chi connectivity index (χ1n) is 8.03. The van der Waals surface area contributed by atoms with Crippen LogP contribution in [0, 0.1) is 0 Å². The molecule has 0 aliphatic heterocycles. The van der Waals surface area contributed by atoms with Crippen molar-refractivity contribution in [1.82, 2.24) is 5.43 Å². The van der Waals surface area contributed by atoms with Crippen LogP contribution in [0.2, 0.25) is 0 Å². The molecule has 0 radical (unpaired) electrons. The van der Waals surface area contributed by atoms with Crippen LogP contribution < -0.4 is 20.2 Å². The summed E-state index contributed by atoms with van der Waals surface area (Å²) < 4.78 is 14.9. The Morgan fingerprint density at radius 3 is 2.25 bits per heavy atom. The number of carbonyl (C=O) groups is 3. The Kier molecular flexibility index (Phi) is 7.09. The second-order valence-corrected chi connectivity index (χ2v) is 5.33. The predicted octanol–water partition coefficient (Wildman–Crippen LogP) is 1.58. The Balaban J connectivity index is 1.96. The molecule has 0 aromatic heterocycles. The Labute approximate surface area is 161 Å². The van der Waals surface area contributed by atoms with E-state index in [9.17, 15) is 14.4 Å². The fraction of sp³-hybridized carbons (Fsp3) is 0.158. The highest BCUT2D eigenvalue weighted by molar-refractivity contribution is 6.39. The van der Waals surface area contributed by atoms with Crippen LogP contribution in [0.15, 0.2) is 47.6 Å². The van der Waals surface area contributed by atoms with Gasteiger partial charge in [0, 0.05) is 11.3 Å². The maximum absolute atomic E-state index is 11.9. The third kappa shape index (κ3) is 5.31. The van der Waals surface area contributed by atoms with Crippen molar-refractivity contribution in [2.75, 3.05) is 26.6 Å². The average Bonchev–Trinajstić information content (AvgIpc) is 2.73. The minimum atomic E-state index is -0.963. The van der Waals surface area contributed by atoms with Gasteiger partial charge in [0.2, 0.25) is 0 Å². The smallest absolute Gasteiger partial charge is 0.337 e. The summed E-state index contributed by atoms with van der Waals surface area (Å²) in [5.74, 6) is -1.27. The molecule has 0 fully saturated rings. The molecule has 0 bridgehead atoms. The number of rotatable bonds is 6. The fourth-order valence-corrected chi connectivity index (χ4v) is 2.15. The van der Waals surface area contributed by atoms with Crippen molar-refractivity contribution in [1.29, 1.82) is 0 Å². The summed E-state index contributed by atoms with van der Waals surface area (Å²) >= 11 is 0. The molecular weight excluding hydrogens is 366 g/mol. The van der Waals surface area contributed by atoms with E-state index in [1.807, 2.05) is 0 Å². The number of hydrogen-bond acceptors (Lipinski definition) is 7. The van der Waals surface area contributed by atoms with Gasteiger partial charge in [-0.2, -0.15) is 5.10 Å². The van der Waals surface area contributed by atoms with Crippen LogP contribution in [0.3, 0.4) is 0 Å². The van der Waals surface area contributed by atoms with E-state index in [2.05, 4.69) is 20.6 Å². The van der Waals surface area contributed by atoms with Gasteiger partial charge in [0.15, 0.2) is 0 Å². The molecule has 0 aliphatic rings. The maximum Gasteiger partial charge on any atom is 0.337 e. The van der Waals surface area contributed by atoms with Gasteiger partial charge in [-0.05, 0) is 42.5 Å². The second-order valence-electron chi connectivity index (χ2n) is 5.33. The highest BCUT2D eigenvalue weighted by Gasteiger charge is 2.13. The number of carbonyl (C=O) groups excluding carboxylic acids is 3. The lowest BCUT2D eigenvalue weighted by Gasteiger charge is -2.07. The molecule has 9 heteroatoms. The highest BCUT2D eigenvalue weighted by atomic mass is 16.5. The summed E-state index contributed by atoms with van der Waals surface area (Å²) in [5, 5.41) is 6.15. The number of anilines is 1. The van der Waals surface area contributed by atoms with E-state index in [0.717, 1.165) is 0 Å². The number of nitrogens with zero attached hydrogens (tertiary/aromatic N) is 1. The number of nitrogens with one attached hydrogen (secondary N) is 2. The standard InChI is InChI=1S/C19H19N3O6/c1-26-15-8-9-16(27-2)13(10-15)11-20-22-18(24)17(23)21-14-6-4-12(5-7-14)19(25)28-3/h4-11H,1-3H3,(H,21,23)(H,22,24)/b20-11+. The molecule has 2 aromatic rings. The van der Waals surface area contributed by atoms with E-state index in [4.69, 9.17) is 9.47 Å². The molecule has 0 spiro atoms. The highest BCUT2D eigenvalue weighted by Crippen LogP contribution is 2.22. The van der Waals surface area contributed by atoms with Crippen molar-refractivity contribution in [2.45, 2.75) is 0 Å². The number of hydrazone groups is 1. The minimum absolute atomic E-state index is 0.321. The number of ether oxygens (including phenoxy) is 3. The molecule has 0 saturated carbocycles. The number of benzene rings is 2. The van der Waals surface area contributed by atoms with Crippen molar-refractivity contribution in [3.8, 4) is 11.5 Å². The SMILES string of the molecule is COC(=O)c1ccc(NC(=O)C(=O)N/N=C/c2cc(OC)ccc2OC)cc1. The Hall–Kier alpha value is -3.88. The van der Waals surface area contributed by atoms with Gasteiger partial charge in [0.1, 0.15) is 11.5 Å². The molecular formula is C19H19N3O6. The topological polar surface area (TPSA) is 115 Å². The normalized spacial score (nSPS) is 10.2. The fourth-order valence-electron chi connectivity index (χ4n) is 2.15. The van der Waals surface area contributed by atoms with Crippen LogP contribution in [0.4, 0.5) is 5.69 Å². The van der Waals surface area contributed by atoms with Crippen molar-refractivity contribution in [3.05, 3.63) is 53.6 Å². The van der Waals surface area contributed by atoms with Crippen LogP contribution in [0.1, 0.15) is 15.9 Å². The molecule has 0 atom stereocenters. The lowest BCUT2D eigenvalue weighted by atomic mass is 10.2. The molecule has 2 aromatic carbocycles. The monoisotopic (exact) mass is 385 g/mol. The van der Waals surface area contributed by atoms with E-state index in [0.29, 0.717) is 28.3 Å². The van der Waals surface area contributed by atoms with Crippen molar-refractivity contribution >= 4 is 29.7 Å². The van der Waals surface area contributed by atoms with Gasteiger partial charge < -0.3 is 19.5 Å². The Morgan fingerprint density at radius 1 is 0.929 bits per heavy atom. The summed E-state index contributed by atoms with van der Waals surface area (Å²) in [7, 11) is 4.28. The first-order chi connectivity index (χ1) is 13.5. The largest absolute Gasteiger partial charge is 0.497 e. The third-order valence-electron chi connectivity index (χ3n) is 3.58. The molecule has 9 nitrogen and oxygen atoms in total. The van der Waals surface area contributed by atoms with Gasteiger partial charge in [-0.1, -0.05) is 0 Å². The molecule has 2 N–H and O–H groups in total. The quantitative estimate of drug-likeness (QED) is 0.338. The van der Waals surface area contributed by atoms with Gasteiger partial charge in [-0.25, -0.2) is 10.2 Å².